The van der Waals surface area contributed by atoms with Crippen LogP contribution < -0.4 is 5.32 Å². The average Bonchev–Trinajstić information content (AvgIpc) is 2.75. The summed E-state index contributed by atoms with van der Waals surface area (Å²) in [7, 11) is 0. The first-order valence-corrected chi connectivity index (χ1v) is 9.43. The standard InChI is InChI=1S/C18H30N4O2/c23-14-16-12-17-13-21(9-5-10-22(17)20-16)11-8-18(24)19-15-6-3-1-2-4-7-15/h12,15,23H,1-11,13-14H2,(H,19,24). The summed E-state index contributed by atoms with van der Waals surface area (Å²) in [4.78, 5) is 14.6. The van der Waals surface area contributed by atoms with E-state index in [1.807, 2.05) is 10.7 Å². The molecule has 0 bridgehead atoms. The number of aromatic nitrogens is 2. The number of aryl methyl sites for hydroxylation is 1. The molecular formula is C18H30N4O2. The minimum Gasteiger partial charge on any atom is -0.390 e. The van der Waals surface area contributed by atoms with Crippen LogP contribution in [-0.2, 0) is 24.5 Å². The molecule has 2 heterocycles. The molecule has 1 saturated carbocycles. The highest BCUT2D eigenvalue weighted by molar-refractivity contribution is 5.76. The fraction of sp³-hybridized carbons (Fsp3) is 0.778. The van der Waals surface area contributed by atoms with Crippen LogP contribution in [0, 0.1) is 0 Å². The zero-order valence-corrected chi connectivity index (χ0v) is 14.5. The lowest BCUT2D eigenvalue weighted by Gasteiger charge is -2.21. The molecular weight excluding hydrogens is 304 g/mol. The zero-order chi connectivity index (χ0) is 16.8. The summed E-state index contributed by atoms with van der Waals surface area (Å²) in [5.41, 5.74) is 1.87. The number of aliphatic hydroxyl groups is 1. The molecule has 1 aromatic heterocycles. The number of carbonyl (C=O) groups is 1. The fourth-order valence-corrected chi connectivity index (χ4v) is 3.84. The molecule has 2 N–H and O–H groups in total. The molecule has 1 aromatic rings. The van der Waals surface area contributed by atoms with Crippen molar-refractivity contribution >= 4 is 5.91 Å². The molecule has 0 aromatic carbocycles. The minimum atomic E-state index is -0.0101. The number of fused-ring (bicyclic) bond motifs is 1. The van der Waals surface area contributed by atoms with Crippen molar-refractivity contribution < 1.29 is 9.90 Å². The average molecular weight is 334 g/mol. The van der Waals surface area contributed by atoms with Crippen molar-refractivity contribution in [2.75, 3.05) is 13.1 Å². The molecule has 1 aliphatic carbocycles. The summed E-state index contributed by atoms with van der Waals surface area (Å²) in [6.07, 6.45) is 8.98. The van der Waals surface area contributed by atoms with Crippen molar-refractivity contribution in [3.63, 3.8) is 0 Å². The van der Waals surface area contributed by atoms with Crippen LogP contribution in [0.25, 0.3) is 0 Å². The second-order valence-electron chi connectivity index (χ2n) is 7.14. The van der Waals surface area contributed by atoms with Crippen LogP contribution in [0.3, 0.4) is 0 Å². The molecule has 1 amide bonds. The number of nitrogens with one attached hydrogen (secondary N) is 1. The smallest absolute Gasteiger partial charge is 0.221 e. The molecule has 6 heteroatoms. The van der Waals surface area contributed by atoms with E-state index < -0.39 is 0 Å². The van der Waals surface area contributed by atoms with Gasteiger partial charge in [-0.1, -0.05) is 25.7 Å². The topological polar surface area (TPSA) is 70.4 Å². The molecule has 0 radical (unpaired) electrons. The molecule has 1 fully saturated rings. The summed E-state index contributed by atoms with van der Waals surface area (Å²) >= 11 is 0. The first kappa shape index (κ1) is 17.4. The van der Waals surface area contributed by atoms with Crippen LogP contribution in [0.5, 0.6) is 0 Å². The Morgan fingerprint density at radius 1 is 1.21 bits per heavy atom. The van der Waals surface area contributed by atoms with Crippen LogP contribution in [0.2, 0.25) is 0 Å². The Morgan fingerprint density at radius 3 is 2.75 bits per heavy atom. The molecule has 0 spiro atoms. The van der Waals surface area contributed by atoms with Gasteiger partial charge in [0.15, 0.2) is 0 Å². The Hall–Kier alpha value is -1.40. The molecule has 6 nitrogen and oxygen atoms in total. The van der Waals surface area contributed by atoms with Gasteiger partial charge in [-0.3, -0.25) is 14.4 Å². The van der Waals surface area contributed by atoms with Gasteiger partial charge in [-0.25, -0.2) is 0 Å². The summed E-state index contributed by atoms with van der Waals surface area (Å²) in [6, 6.07) is 2.36. The Kier molecular flexibility index (Phi) is 6.26. The van der Waals surface area contributed by atoms with Crippen LogP contribution in [0.4, 0.5) is 0 Å². The van der Waals surface area contributed by atoms with E-state index >= 15 is 0 Å². The van der Waals surface area contributed by atoms with Gasteiger partial charge in [0.05, 0.1) is 18.0 Å². The molecule has 3 rings (SSSR count). The van der Waals surface area contributed by atoms with Crippen LogP contribution in [-0.4, -0.2) is 44.8 Å². The van der Waals surface area contributed by atoms with Gasteiger partial charge >= 0.3 is 0 Å². The second kappa shape index (κ2) is 8.62. The van der Waals surface area contributed by atoms with Gasteiger partial charge in [0, 0.05) is 38.6 Å². The van der Waals surface area contributed by atoms with Crippen molar-refractivity contribution in [3.8, 4) is 0 Å². The minimum absolute atomic E-state index is 0.0101. The van der Waals surface area contributed by atoms with Crippen LogP contribution >= 0.6 is 0 Å². The fourth-order valence-electron chi connectivity index (χ4n) is 3.84. The lowest BCUT2D eigenvalue weighted by molar-refractivity contribution is -0.122. The van der Waals surface area contributed by atoms with E-state index in [-0.39, 0.29) is 12.5 Å². The third kappa shape index (κ3) is 4.80. The van der Waals surface area contributed by atoms with Gasteiger partial charge in [-0.2, -0.15) is 5.10 Å². The predicted octanol–water partition coefficient (Wildman–Crippen LogP) is 1.81. The van der Waals surface area contributed by atoms with Gasteiger partial charge < -0.3 is 10.4 Å². The second-order valence-corrected chi connectivity index (χ2v) is 7.14. The van der Waals surface area contributed by atoms with Crippen LogP contribution in [0.15, 0.2) is 6.07 Å². The molecule has 2 aliphatic rings. The number of hydrogen-bond acceptors (Lipinski definition) is 4. The van der Waals surface area contributed by atoms with Gasteiger partial charge in [0.2, 0.25) is 5.91 Å². The molecule has 24 heavy (non-hydrogen) atoms. The Bertz CT molecular complexity index is 535. The first-order valence-electron chi connectivity index (χ1n) is 9.43. The van der Waals surface area contributed by atoms with Crippen molar-refractivity contribution in [3.05, 3.63) is 17.5 Å². The maximum absolute atomic E-state index is 12.3. The number of rotatable bonds is 5. The predicted molar refractivity (Wildman–Crippen MR) is 92.3 cm³/mol. The molecule has 0 saturated heterocycles. The lowest BCUT2D eigenvalue weighted by atomic mass is 10.1. The van der Waals surface area contributed by atoms with Crippen molar-refractivity contribution in [1.82, 2.24) is 20.0 Å². The van der Waals surface area contributed by atoms with Crippen molar-refractivity contribution in [1.29, 1.82) is 0 Å². The molecule has 1 aliphatic heterocycles. The van der Waals surface area contributed by atoms with E-state index in [1.54, 1.807) is 0 Å². The monoisotopic (exact) mass is 334 g/mol. The highest BCUT2D eigenvalue weighted by Crippen LogP contribution is 2.18. The van der Waals surface area contributed by atoms with E-state index in [0.717, 1.165) is 56.8 Å². The lowest BCUT2D eigenvalue weighted by Crippen LogP contribution is -2.36. The van der Waals surface area contributed by atoms with Gasteiger partial charge in [0.1, 0.15) is 0 Å². The van der Waals surface area contributed by atoms with E-state index in [2.05, 4.69) is 15.3 Å². The third-order valence-corrected chi connectivity index (χ3v) is 5.18. The SMILES string of the molecule is O=C(CCN1CCCn2nc(CO)cc2C1)NC1CCCCCC1. The van der Waals surface area contributed by atoms with Gasteiger partial charge in [-0.05, 0) is 25.3 Å². The first-order chi connectivity index (χ1) is 11.7. The van der Waals surface area contributed by atoms with Crippen LogP contribution in [0.1, 0.15) is 62.8 Å². The van der Waals surface area contributed by atoms with Crippen molar-refractivity contribution in [2.45, 2.75) is 77.1 Å². The Balaban J connectivity index is 1.46. The quantitative estimate of drug-likeness (QED) is 0.806. The largest absolute Gasteiger partial charge is 0.390 e. The number of aliphatic hydroxyl groups excluding tert-OH is 1. The summed E-state index contributed by atoms with van der Waals surface area (Å²) in [6.45, 7) is 3.47. The number of nitrogens with zero attached hydrogens (tertiary/aromatic N) is 3. The van der Waals surface area contributed by atoms with Gasteiger partial charge in [-0.15, -0.1) is 0 Å². The number of hydrogen-bond donors (Lipinski definition) is 2. The van der Waals surface area contributed by atoms with E-state index in [9.17, 15) is 9.90 Å². The summed E-state index contributed by atoms with van der Waals surface area (Å²) < 4.78 is 2.00. The summed E-state index contributed by atoms with van der Waals surface area (Å²) in [5, 5.41) is 16.9. The summed E-state index contributed by atoms with van der Waals surface area (Å²) in [5.74, 6) is 0.190. The highest BCUT2D eigenvalue weighted by atomic mass is 16.3. The maximum atomic E-state index is 12.3. The molecule has 134 valence electrons. The zero-order valence-electron chi connectivity index (χ0n) is 14.5. The number of carbonyl (C=O) groups excluding carboxylic acids is 1. The van der Waals surface area contributed by atoms with E-state index in [1.165, 1.54) is 25.7 Å². The maximum Gasteiger partial charge on any atom is 0.221 e. The molecule has 0 unspecified atom stereocenters. The highest BCUT2D eigenvalue weighted by Gasteiger charge is 2.18. The Labute approximate surface area is 144 Å². The number of amides is 1. The van der Waals surface area contributed by atoms with E-state index in [0.29, 0.717) is 12.5 Å². The van der Waals surface area contributed by atoms with Crippen molar-refractivity contribution in [2.24, 2.45) is 0 Å². The third-order valence-electron chi connectivity index (χ3n) is 5.18. The van der Waals surface area contributed by atoms with Gasteiger partial charge in [0.25, 0.3) is 0 Å². The Morgan fingerprint density at radius 2 is 2.00 bits per heavy atom. The van der Waals surface area contributed by atoms with E-state index in [4.69, 9.17) is 0 Å². The normalized spacial score (nSPS) is 20.2. The molecule has 0 atom stereocenters.